The first kappa shape index (κ1) is 12.3. The number of hydrogen-bond acceptors (Lipinski definition) is 6. The van der Waals surface area contributed by atoms with Crippen LogP contribution in [0, 0.1) is 10.1 Å². The molecule has 1 saturated heterocycles. The number of ether oxygens (including phenoxy) is 2. The number of carbonyl (C=O) groups is 1. The maximum atomic E-state index is 11.4. The van der Waals surface area contributed by atoms with Gasteiger partial charge in [0.25, 0.3) is 5.69 Å². The van der Waals surface area contributed by atoms with E-state index in [9.17, 15) is 14.9 Å². The molecule has 7 nitrogen and oxygen atoms in total. The predicted octanol–water partition coefficient (Wildman–Crippen LogP) is 1.47. The zero-order valence-electron chi connectivity index (χ0n) is 9.50. The van der Waals surface area contributed by atoms with Gasteiger partial charge in [0.05, 0.1) is 4.92 Å². The number of non-ortho nitro benzene ring substituents is 1. The largest absolute Gasteiger partial charge is 0.514 e. The molecule has 0 bridgehead atoms. The van der Waals surface area contributed by atoms with Crippen molar-refractivity contribution in [1.82, 2.24) is 5.32 Å². The second kappa shape index (κ2) is 5.46. The standard InChI is InChI=1S/C11H12N2O5/c14-11(18-10-5-6-12-7-10)17-9-3-1-8(2-4-9)13(15)16/h1-4,10,12H,5-7H2. The fourth-order valence-corrected chi connectivity index (χ4v) is 1.62. The smallest absolute Gasteiger partial charge is 0.429 e. The minimum atomic E-state index is -0.794. The van der Waals surface area contributed by atoms with Gasteiger partial charge in [-0.25, -0.2) is 4.79 Å². The van der Waals surface area contributed by atoms with Crippen molar-refractivity contribution in [2.45, 2.75) is 12.5 Å². The van der Waals surface area contributed by atoms with Crippen molar-refractivity contribution >= 4 is 11.8 Å². The normalized spacial score (nSPS) is 18.3. The van der Waals surface area contributed by atoms with Gasteiger partial charge in [0.1, 0.15) is 11.9 Å². The van der Waals surface area contributed by atoms with Gasteiger partial charge in [0.2, 0.25) is 0 Å². The van der Waals surface area contributed by atoms with E-state index in [-0.39, 0.29) is 17.5 Å². The number of nitro benzene ring substituents is 1. The third-order valence-electron chi connectivity index (χ3n) is 2.53. The van der Waals surface area contributed by atoms with Gasteiger partial charge in [-0.15, -0.1) is 0 Å². The molecule has 1 fully saturated rings. The number of nitrogens with zero attached hydrogens (tertiary/aromatic N) is 1. The van der Waals surface area contributed by atoms with Gasteiger partial charge in [0.15, 0.2) is 0 Å². The van der Waals surface area contributed by atoms with Crippen LogP contribution in [0.1, 0.15) is 6.42 Å². The Labute approximate surface area is 103 Å². The molecule has 0 saturated carbocycles. The van der Waals surface area contributed by atoms with Gasteiger partial charge < -0.3 is 14.8 Å². The van der Waals surface area contributed by atoms with E-state index < -0.39 is 11.1 Å². The highest BCUT2D eigenvalue weighted by molar-refractivity contribution is 5.64. The second-order valence-corrected chi connectivity index (χ2v) is 3.84. The van der Waals surface area contributed by atoms with E-state index in [4.69, 9.17) is 9.47 Å². The van der Waals surface area contributed by atoms with Crippen LogP contribution in [0.25, 0.3) is 0 Å². The lowest BCUT2D eigenvalue weighted by molar-refractivity contribution is -0.384. The summed E-state index contributed by atoms with van der Waals surface area (Å²) in [5.74, 6) is 0.219. The average Bonchev–Trinajstić information content (AvgIpc) is 2.82. The predicted molar refractivity (Wildman–Crippen MR) is 61.5 cm³/mol. The Hall–Kier alpha value is -2.15. The highest BCUT2D eigenvalue weighted by Crippen LogP contribution is 2.18. The fraction of sp³-hybridized carbons (Fsp3) is 0.364. The molecule has 1 atom stereocenters. The summed E-state index contributed by atoms with van der Waals surface area (Å²) in [6.45, 7) is 1.44. The highest BCUT2D eigenvalue weighted by Gasteiger charge is 2.20. The molecule has 1 N–H and O–H groups in total. The molecule has 1 aromatic carbocycles. The van der Waals surface area contributed by atoms with E-state index in [2.05, 4.69) is 5.32 Å². The summed E-state index contributed by atoms with van der Waals surface area (Å²) in [5.41, 5.74) is -0.0595. The minimum Gasteiger partial charge on any atom is -0.429 e. The summed E-state index contributed by atoms with van der Waals surface area (Å²) in [6.07, 6.45) is -0.205. The van der Waals surface area contributed by atoms with Crippen LogP contribution in [0.4, 0.5) is 10.5 Å². The monoisotopic (exact) mass is 252 g/mol. The lowest BCUT2D eigenvalue weighted by Crippen LogP contribution is -2.22. The Kier molecular flexibility index (Phi) is 3.73. The summed E-state index contributed by atoms with van der Waals surface area (Å²) < 4.78 is 9.93. The SMILES string of the molecule is O=C(Oc1ccc([N+](=O)[O-])cc1)OC1CCNC1. The molecule has 1 aromatic rings. The maximum absolute atomic E-state index is 11.4. The number of nitro groups is 1. The summed E-state index contributed by atoms with van der Waals surface area (Å²) in [7, 11) is 0. The quantitative estimate of drug-likeness (QED) is 0.379. The first-order valence-corrected chi connectivity index (χ1v) is 5.49. The lowest BCUT2D eigenvalue weighted by atomic mass is 10.3. The van der Waals surface area contributed by atoms with Gasteiger partial charge in [-0.1, -0.05) is 0 Å². The van der Waals surface area contributed by atoms with Crippen molar-refractivity contribution in [1.29, 1.82) is 0 Å². The van der Waals surface area contributed by atoms with Crippen molar-refractivity contribution in [3.8, 4) is 5.75 Å². The molecule has 96 valence electrons. The van der Waals surface area contributed by atoms with E-state index >= 15 is 0 Å². The Bertz CT molecular complexity index is 439. The van der Waals surface area contributed by atoms with Crippen molar-refractivity contribution in [2.24, 2.45) is 0 Å². The number of carbonyl (C=O) groups excluding carboxylic acids is 1. The molecule has 1 unspecified atom stereocenters. The Balaban J connectivity index is 1.88. The molecule has 1 aliphatic rings. The van der Waals surface area contributed by atoms with Crippen LogP contribution in [-0.2, 0) is 4.74 Å². The number of hydrogen-bond donors (Lipinski definition) is 1. The van der Waals surface area contributed by atoms with E-state index in [1.807, 2.05) is 0 Å². The molecule has 0 amide bonds. The molecule has 0 aromatic heterocycles. The van der Waals surface area contributed by atoms with Gasteiger partial charge in [-0.05, 0) is 25.1 Å². The van der Waals surface area contributed by atoms with Crippen LogP contribution in [0.2, 0.25) is 0 Å². The second-order valence-electron chi connectivity index (χ2n) is 3.84. The molecule has 0 aliphatic carbocycles. The van der Waals surface area contributed by atoms with E-state index in [0.717, 1.165) is 13.0 Å². The first-order chi connectivity index (χ1) is 8.65. The van der Waals surface area contributed by atoms with Crippen molar-refractivity contribution in [3.63, 3.8) is 0 Å². The summed E-state index contributed by atoms with van der Waals surface area (Å²) in [5, 5.41) is 13.5. The first-order valence-electron chi connectivity index (χ1n) is 5.49. The lowest BCUT2D eigenvalue weighted by Gasteiger charge is -2.10. The zero-order chi connectivity index (χ0) is 13.0. The zero-order valence-corrected chi connectivity index (χ0v) is 9.50. The van der Waals surface area contributed by atoms with Crippen molar-refractivity contribution in [3.05, 3.63) is 34.4 Å². The Morgan fingerprint density at radius 2 is 2.11 bits per heavy atom. The maximum Gasteiger partial charge on any atom is 0.514 e. The van der Waals surface area contributed by atoms with Crippen LogP contribution in [0.15, 0.2) is 24.3 Å². The highest BCUT2D eigenvalue weighted by atomic mass is 16.7. The topological polar surface area (TPSA) is 90.7 Å². The molecular formula is C11H12N2O5. The van der Waals surface area contributed by atoms with E-state index in [1.54, 1.807) is 0 Å². The van der Waals surface area contributed by atoms with Gasteiger partial charge in [0, 0.05) is 18.7 Å². The molecule has 0 radical (unpaired) electrons. The third-order valence-corrected chi connectivity index (χ3v) is 2.53. The van der Waals surface area contributed by atoms with Crippen LogP contribution in [0.5, 0.6) is 5.75 Å². The minimum absolute atomic E-state index is 0.0595. The molecule has 1 heterocycles. The molecular weight excluding hydrogens is 240 g/mol. The van der Waals surface area contributed by atoms with Crippen LogP contribution >= 0.6 is 0 Å². The summed E-state index contributed by atoms with van der Waals surface area (Å²) >= 11 is 0. The molecule has 2 rings (SSSR count). The van der Waals surface area contributed by atoms with E-state index in [0.29, 0.717) is 6.54 Å². The number of rotatable bonds is 3. The number of nitrogens with one attached hydrogen (secondary N) is 1. The van der Waals surface area contributed by atoms with Gasteiger partial charge in [-0.3, -0.25) is 10.1 Å². The Morgan fingerprint density at radius 1 is 1.39 bits per heavy atom. The Morgan fingerprint density at radius 3 is 2.67 bits per heavy atom. The summed E-state index contributed by atoms with van der Waals surface area (Å²) in [4.78, 5) is 21.3. The molecule has 18 heavy (non-hydrogen) atoms. The molecule has 1 aliphatic heterocycles. The van der Waals surface area contributed by atoms with Crippen molar-refractivity contribution < 1.29 is 19.2 Å². The molecule has 0 spiro atoms. The van der Waals surface area contributed by atoms with Gasteiger partial charge in [-0.2, -0.15) is 0 Å². The van der Waals surface area contributed by atoms with Crippen LogP contribution < -0.4 is 10.1 Å². The third kappa shape index (κ3) is 3.17. The van der Waals surface area contributed by atoms with Crippen LogP contribution in [-0.4, -0.2) is 30.3 Å². The van der Waals surface area contributed by atoms with Crippen molar-refractivity contribution in [2.75, 3.05) is 13.1 Å². The average molecular weight is 252 g/mol. The van der Waals surface area contributed by atoms with Crippen LogP contribution in [0.3, 0.4) is 0 Å². The van der Waals surface area contributed by atoms with Gasteiger partial charge >= 0.3 is 6.16 Å². The molecule has 7 heteroatoms. The van der Waals surface area contributed by atoms with E-state index in [1.165, 1.54) is 24.3 Å². The number of benzene rings is 1. The summed E-state index contributed by atoms with van der Waals surface area (Å²) in [6, 6.07) is 5.23. The fourth-order valence-electron chi connectivity index (χ4n) is 1.62.